The lowest BCUT2D eigenvalue weighted by Crippen LogP contribution is -2.20. The van der Waals surface area contributed by atoms with Gasteiger partial charge >= 0.3 is 0 Å². The summed E-state index contributed by atoms with van der Waals surface area (Å²) in [5.74, 6) is 2.02. The average molecular weight is 283 g/mol. The minimum absolute atomic E-state index is 0.306. The van der Waals surface area contributed by atoms with Gasteiger partial charge in [-0.2, -0.15) is 0 Å². The fourth-order valence-corrected chi connectivity index (χ4v) is 4.30. The van der Waals surface area contributed by atoms with Crippen LogP contribution in [0.4, 0.5) is 4.39 Å². The van der Waals surface area contributed by atoms with Crippen LogP contribution in [0, 0.1) is 23.6 Å². The largest absolute Gasteiger partial charge is 0.393 e. The normalized spacial score (nSPS) is 30.8. The van der Waals surface area contributed by atoms with Crippen molar-refractivity contribution in [2.45, 2.75) is 44.6 Å². The third-order valence-corrected chi connectivity index (χ3v) is 5.31. The van der Waals surface area contributed by atoms with Crippen LogP contribution in [0.25, 0.3) is 0 Å². The summed E-state index contributed by atoms with van der Waals surface area (Å²) in [6.07, 6.45) is 5.95. The zero-order valence-electron chi connectivity index (χ0n) is 11.0. The van der Waals surface area contributed by atoms with E-state index in [1.165, 1.54) is 31.7 Å². The number of benzene rings is 1. The number of halogens is 2. The molecule has 0 saturated heterocycles. The molecule has 4 unspecified atom stereocenters. The van der Waals surface area contributed by atoms with E-state index < -0.39 is 6.10 Å². The summed E-state index contributed by atoms with van der Waals surface area (Å²) >= 11 is 6.00. The molecule has 2 aliphatic rings. The summed E-state index contributed by atoms with van der Waals surface area (Å²) in [4.78, 5) is 0. The van der Waals surface area contributed by atoms with Gasteiger partial charge in [0.15, 0.2) is 0 Å². The molecular weight excluding hydrogens is 263 g/mol. The van der Waals surface area contributed by atoms with E-state index in [-0.39, 0.29) is 5.82 Å². The van der Waals surface area contributed by atoms with Gasteiger partial charge in [0.05, 0.1) is 6.10 Å². The minimum Gasteiger partial charge on any atom is -0.393 e. The molecule has 0 aliphatic heterocycles. The molecule has 2 saturated carbocycles. The van der Waals surface area contributed by atoms with Crippen molar-refractivity contribution >= 4 is 11.6 Å². The van der Waals surface area contributed by atoms with Gasteiger partial charge in [0, 0.05) is 17.0 Å². The van der Waals surface area contributed by atoms with Crippen LogP contribution in [0.1, 0.15) is 37.7 Å². The number of aliphatic hydroxyl groups excluding tert-OH is 1. The molecule has 0 radical (unpaired) electrons. The molecule has 3 rings (SSSR count). The van der Waals surface area contributed by atoms with Crippen molar-refractivity contribution in [2.75, 3.05) is 0 Å². The molecular formula is C16H20ClFO. The van der Waals surface area contributed by atoms with Gasteiger partial charge in [-0.3, -0.25) is 0 Å². The van der Waals surface area contributed by atoms with E-state index in [0.717, 1.165) is 18.3 Å². The molecule has 0 aromatic heterocycles. The van der Waals surface area contributed by atoms with Crippen LogP contribution in [0.3, 0.4) is 0 Å². The smallest absolute Gasteiger partial charge is 0.127 e. The lowest BCUT2D eigenvalue weighted by Gasteiger charge is -2.24. The maximum atomic E-state index is 13.7. The first kappa shape index (κ1) is 13.4. The van der Waals surface area contributed by atoms with Gasteiger partial charge in [-0.25, -0.2) is 4.39 Å². The average Bonchev–Trinajstić information content (AvgIpc) is 2.96. The Balaban J connectivity index is 1.61. The number of fused-ring (bicyclic) bond motifs is 2. The van der Waals surface area contributed by atoms with Gasteiger partial charge in [-0.05, 0) is 55.6 Å². The number of hydrogen-bond donors (Lipinski definition) is 1. The van der Waals surface area contributed by atoms with Gasteiger partial charge < -0.3 is 5.11 Å². The predicted molar refractivity (Wildman–Crippen MR) is 74.7 cm³/mol. The van der Waals surface area contributed by atoms with Crippen LogP contribution in [0.5, 0.6) is 0 Å². The molecule has 1 nitrogen and oxygen atoms in total. The van der Waals surface area contributed by atoms with Crippen molar-refractivity contribution in [3.05, 3.63) is 34.6 Å². The second-order valence-electron chi connectivity index (χ2n) is 6.23. The zero-order valence-corrected chi connectivity index (χ0v) is 11.7. The second-order valence-corrected chi connectivity index (χ2v) is 6.64. The highest BCUT2D eigenvalue weighted by Crippen LogP contribution is 2.50. The van der Waals surface area contributed by atoms with Crippen molar-refractivity contribution in [3.8, 4) is 0 Å². The third kappa shape index (κ3) is 2.80. The van der Waals surface area contributed by atoms with Crippen molar-refractivity contribution in [1.82, 2.24) is 0 Å². The summed E-state index contributed by atoms with van der Waals surface area (Å²) in [5.41, 5.74) is 0.458. The molecule has 4 atom stereocenters. The second kappa shape index (κ2) is 5.41. The van der Waals surface area contributed by atoms with Crippen molar-refractivity contribution in [1.29, 1.82) is 0 Å². The Morgan fingerprint density at radius 1 is 1.32 bits per heavy atom. The molecule has 2 aliphatic carbocycles. The Morgan fingerprint density at radius 3 is 2.79 bits per heavy atom. The molecule has 1 aromatic rings. The summed E-state index contributed by atoms with van der Waals surface area (Å²) in [7, 11) is 0. The molecule has 19 heavy (non-hydrogen) atoms. The summed E-state index contributed by atoms with van der Waals surface area (Å²) in [5, 5.41) is 10.6. The highest BCUT2D eigenvalue weighted by molar-refractivity contribution is 6.31. The van der Waals surface area contributed by atoms with E-state index >= 15 is 0 Å². The molecule has 3 heteroatoms. The monoisotopic (exact) mass is 282 g/mol. The topological polar surface area (TPSA) is 20.2 Å². The van der Waals surface area contributed by atoms with Crippen molar-refractivity contribution in [2.24, 2.45) is 17.8 Å². The summed E-state index contributed by atoms with van der Waals surface area (Å²) in [6.45, 7) is 0. The van der Waals surface area contributed by atoms with E-state index in [1.807, 2.05) is 0 Å². The molecule has 0 amide bonds. The fourth-order valence-electron chi connectivity index (χ4n) is 4.06. The highest BCUT2D eigenvalue weighted by Gasteiger charge is 2.39. The molecule has 0 heterocycles. The molecule has 1 N–H and O–H groups in total. The fraction of sp³-hybridized carbons (Fsp3) is 0.625. The number of aliphatic hydroxyl groups is 1. The summed E-state index contributed by atoms with van der Waals surface area (Å²) < 4.78 is 13.7. The molecule has 104 valence electrons. The molecule has 1 aromatic carbocycles. The Hall–Kier alpha value is -0.600. The SMILES string of the molecule is OC(Cc1c(F)cccc1Cl)CC1CC2CCC1C2. The maximum absolute atomic E-state index is 13.7. The van der Waals surface area contributed by atoms with Crippen molar-refractivity contribution < 1.29 is 9.50 Å². The van der Waals surface area contributed by atoms with Gasteiger partial charge in [0.1, 0.15) is 5.82 Å². The van der Waals surface area contributed by atoms with E-state index in [4.69, 9.17) is 11.6 Å². The quantitative estimate of drug-likeness (QED) is 0.877. The summed E-state index contributed by atoms with van der Waals surface area (Å²) in [6, 6.07) is 4.69. The zero-order chi connectivity index (χ0) is 13.4. The standard InChI is InChI=1S/C16H20ClFO/c17-15-2-1-3-16(18)14(15)9-13(19)8-12-7-10-4-5-11(12)6-10/h1-3,10-13,19H,4-9H2. The van der Waals surface area contributed by atoms with Gasteiger partial charge in [0.2, 0.25) is 0 Å². The Kier molecular flexibility index (Phi) is 3.81. The van der Waals surface area contributed by atoms with Crippen LogP contribution in [0.2, 0.25) is 5.02 Å². The predicted octanol–water partition coefficient (Wildman–Crippen LogP) is 4.21. The Labute approximate surface area is 118 Å². The van der Waals surface area contributed by atoms with Crippen LogP contribution >= 0.6 is 11.6 Å². The molecule has 2 fully saturated rings. The van der Waals surface area contributed by atoms with E-state index in [1.54, 1.807) is 12.1 Å². The molecule has 2 bridgehead atoms. The van der Waals surface area contributed by atoms with Crippen LogP contribution < -0.4 is 0 Å². The van der Waals surface area contributed by atoms with E-state index in [9.17, 15) is 9.50 Å². The number of rotatable bonds is 4. The Morgan fingerprint density at radius 2 is 2.16 bits per heavy atom. The highest BCUT2D eigenvalue weighted by atomic mass is 35.5. The first-order chi connectivity index (χ1) is 9.13. The third-order valence-electron chi connectivity index (χ3n) is 4.96. The number of hydrogen-bond acceptors (Lipinski definition) is 1. The first-order valence-corrected chi connectivity index (χ1v) is 7.62. The van der Waals surface area contributed by atoms with Gasteiger partial charge in [-0.1, -0.05) is 24.1 Å². The van der Waals surface area contributed by atoms with Gasteiger partial charge in [-0.15, -0.1) is 0 Å². The molecule has 0 spiro atoms. The van der Waals surface area contributed by atoms with Gasteiger partial charge in [0.25, 0.3) is 0 Å². The first-order valence-electron chi connectivity index (χ1n) is 7.24. The minimum atomic E-state index is -0.473. The lowest BCUT2D eigenvalue weighted by molar-refractivity contribution is 0.124. The maximum Gasteiger partial charge on any atom is 0.127 e. The van der Waals surface area contributed by atoms with Crippen molar-refractivity contribution in [3.63, 3.8) is 0 Å². The van der Waals surface area contributed by atoms with Crippen LogP contribution in [-0.4, -0.2) is 11.2 Å². The van der Waals surface area contributed by atoms with Crippen LogP contribution in [-0.2, 0) is 6.42 Å². The van der Waals surface area contributed by atoms with Crippen LogP contribution in [0.15, 0.2) is 18.2 Å². The Bertz CT molecular complexity index is 442. The van der Waals surface area contributed by atoms with E-state index in [2.05, 4.69) is 0 Å². The lowest BCUT2D eigenvalue weighted by atomic mass is 9.84. The van der Waals surface area contributed by atoms with E-state index in [0.29, 0.717) is 22.9 Å².